The molecule has 0 aromatic heterocycles. The summed E-state index contributed by atoms with van der Waals surface area (Å²) in [7, 11) is 3.34. The van der Waals surface area contributed by atoms with Crippen molar-refractivity contribution in [1.29, 1.82) is 0 Å². The van der Waals surface area contributed by atoms with Crippen molar-refractivity contribution in [2.24, 2.45) is 4.99 Å². The highest BCUT2D eigenvalue weighted by molar-refractivity contribution is 5.79. The van der Waals surface area contributed by atoms with Crippen LogP contribution in [0.5, 0.6) is 11.5 Å². The second-order valence-electron chi connectivity index (χ2n) is 5.94. The number of hydrogen-bond donors (Lipinski definition) is 2. The normalized spacial score (nSPS) is 11.4. The van der Waals surface area contributed by atoms with Crippen molar-refractivity contribution >= 4 is 5.96 Å². The third-order valence-electron chi connectivity index (χ3n) is 3.93. The van der Waals surface area contributed by atoms with Crippen LogP contribution in [0.1, 0.15) is 16.7 Å². The minimum absolute atomic E-state index is 0.138. The number of guanidine groups is 1. The van der Waals surface area contributed by atoms with Crippen LogP contribution in [-0.4, -0.2) is 33.3 Å². The van der Waals surface area contributed by atoms with E-state index in [1.807, 2.05) is 25.1 Å². The molecule has 0 bridgehead atoms. The first-order chi connectivity index (χ1) is 13.0. The Labute approximate surface area is 158 Å². The van der Waals surface area contributed by atoms with Gasteiger partial charge in [0.25, 0.3) is 0 Å². The molecule has 0 unspecified atom stereocenters. The van der Waals surface area contributed by atoms with Gasteiger partial charge >= 0.3 is 6.61 Å². The molecule has 2 aromatic rings. The number of ether oxygens (including phenoxy) is 2. The highest BCUT2D eigenvalue weighted by atomic mass is 19.3. The van der Waals surface area contributed by atoms with E-state index in [1.54, 1.807) is 26.3 Å². The monoisotopic (exact) mass is 377 g/mol. The molecule has 5 nitrogen and oxygen atoms in total. The SMILES string of the molecule is CN=C(NCCc1cc(C)ccc1OC)NCc1cccc(OC(F)F)c1. The maximum Gasteiger partial charge on any atom is 0.387 e. The van der Waals surface area contributed by atoms with Crippen molar-refractivity contribution in [3.8, 4) is 11.5 Å². The number of nitrogens with zero attached hydrogens (tertiary/aromatic N) is 1. The smallest absolute Gasteiger partial charge is 0.387 e. The Balaban J connectivity index is 1.85. The van der Waals surface area contributed by atoms with E-state index in [4.69, 9.17) is 4.74 Å². The summed E-state index contributed by atoms with van der Waals surface area (Å²) in [5, 5.41) is 6.39. The van der Waals surface area contributed by atoms with Gasteiger partial charge in [0, 0.05) is 20.1 Å². The minimum Gasteiger partial charge on any atom is -0.496 e. The van der Waals surface area contributed by atoms with E-state index in [1.165, 1.54) is 11.6 Å². The lowest BCUT2D eigenvalue weighted by atomic mass is 10.1. The van der Waals surface area contributed by atoms with Crippen molar-refractivity contribution in [1.82, 2.24) is 10.6 Å². The number of benzene rings is 2. The van der Waals surface area contributed by atoms with Crippen LogP contribution in [0.3, 0.4) is 0 Å². The van der Waals surface area contributed by atoms with Gasteiger partial charge in [0.15, 0.2) is 5.96 Å². The Bertz CT molecular complexity index is 767. The summed E-state index contributed by atoms with van der Waals surface area (Å²) in [6, 6.07) is 12.7. The van der Waals surface area contributed by atoms with Crippen molar-refractivity contribution in [3.63, 3.8) is 0 Å². The predicted molar refractivity (Wildman–Crippen MR) is 103 cm³/mol. The second kappa shape index (κ2) is 10.4. The number of methoxy groups -OCH3 is 1. The first kappa shape index (κ1) is 20.5. The van der Waals surface area contributed by atoms with E-state index < -0.39 is 6.61 Å². The van der Waals surface area contributed by atoms with Gasteiger partial charge in [-0.2, -0.15) is 8.78 Å². The quantitative estimate of drug-likeness (QED) is 0.546. The Morgan fingerprint density at radius 3 is 2.67 bits per heavy atom. The van der Waals surface area contributed by atoms with Crippen molar-refractivity contribution in [2.75, 3.05) is 20.7 Å². The standard InChI is InChI=1S/C20H25F2N3O2/c1-14-7-8-18(26-3)16(11-14)9-10-24-20(23-2)25-13-15-5-4-6-17(12-15)27-19(21)22/h4-8,11-12,19H,9-10,13H2,1-3H3,(H2,23,24,25). The van der Waals surface area contributed by atoms with Gasteiger partial charge in [-0.25, -0.2) is 0 Å². The zero-order valence-corrected chi connectivity index (χ0v) is 15.8. The molecule has 0 aliphatic carbocycles. The lowest BCUT2D eigenvalue weighted by molar-refractivity contribution is -0.0498. The van der Waals surface area contributed by atoms with Gasteiger partial charge in [0.2, 0.25) is 0 Å². The Hall–Kier alpha value is -2.83. The van der Waals surface area contributed by atoms with Gasteiger partial charge < -0.3 is 20.1 Å². The van der Waals surface area contributed by atoms with Gasteiger partial charge in [-0.1, -0.05) is 29.8 Å². The molecule has 0 amide bonds. The summed E-state index contributed by atoms with van der Waals surface area (Å²) in [4.78, 5) is 4.18. The Morgan fingerprint density at radius 2 is 1.96 bits per heavy atom. The summed E-state index contributed by atoms with van der Waals surface area (Å²) in [6.07, 6.45) is 0.781. The molecule has 0 atom stereocenters. The molecule has 0 fully saturated rings. The lowest BCUT2D eigenvalue weighted by Gasteiger charge is -2.14. The molecular weight excluding hydrogens is 352 g/mol. The van der Waals surface area contributed by atoms with Crippen LogP contribution in [0.2, 0.25) is 0 Å². The highest BCUT2D eigenvalue weighted by Gasteiger charge is 2.06. The summed E-state index contributed by atoms with van der Waals surface area (Å²) >= 11 is 0. The van der Waals surface area contributed by atoms with Crippen molar-refractivity contribution < 1.29 is 18.3 Å². The fourth-order valence-electron chi connectivity index (χ4n) is 2.66. The third-order valence-corrected chi connectivity index (χ3v) is 3.93. The van der Waals surface area contributed by atoms with Crippen LogP contribution >= 0.6 is 0 Å². The van der Waals surface area contributed by atoms with Crippen LogP contribution in [0, 0.1) is 6.92 Å². The fraction of sp³-hybridized carbons (Fsp3) is 0.350. The van der Waals surface area contributed by atoms with Gasteiger partial charge in [-0.15, -0.1) is 0 Å². The Kier molecular flexibility index (Phi) is 7.85. The number of aliphatic imine (C=N–C) groups is 1. The van der Waals surface area contributed by atoms with E-state index in [0.29, 0.717) is 19.0 Å². The summed E-state index contributed by atoms with van der Waals surface area (Å²) in [6.45, 7) is 0.325. The molecule has 0 heterocycles. The molecule has 2 rings (SSSR count). The molecule has 0 aliphatic rings. The molecule has 0 saturated carbocycles. The van der Waals surface area contributed by atoms with Crippen LogP contribution in [0.25, 0.3) is 0 Å². The average Bonchev–Trinajstić information content (AvgIpc) is 2.64. The van der Waals surface area contributed by atoms with Crippen molar-refractivity contribution in [3.05, 3.63) is 59.2 Å². The molecule has 0 spiro atoms. The molecule has 7 heteroatoms. The van der Waals surface area contributed by atoms with Crippen LogP contribution in [0.15, 0.2) is 47.5 Å². The van der Waals surface area contributed by atoms with E-state index in [9.17, 15) is 8.78 Å². The zero-order valence-electron chi connectivity index (χ0n) is 15.8. The van der Waals surface area contributed by atoms with E-state index in [2.05, 4.69) is 26.4 Å². The summed E-state index contributed by atoms with van der Waals surface area (Å²) < 4.78 is 34.4. The fourth-order valence-corrected chi connectivity index (χ4v) is 2.66. The summed E-state index contributed by atoms with van der Waals surface area (Å²) in [5.74, 6) is 1.63. The van der Waals surface area contributed by atoms with Crippen molar-refractivity contribution in [2.45, 2.75) is 26.5 Å². The van der Waals surface area contributed by atoms with E-state index in [0.717, 1.165) is 23.3 Å². The average molecular weight is 377 g/mol. The minimum atomic E-state index is -2.83. The second-order valence-corrected chi connectivity index (χ2v) is 5.94. The molecule has 0 aliphatic heterocycles. The lowest BCUT2D eigenvalue weighted by Crippen LogP contribution is -2.37. The Morgan fingerprint density at radius 1 is 1.15 bits per heavy atom. The molecular formula is C20H25F2N3O2. The van der Waals surface area contributed by atoms with Gasteiger partial charge in [-0.05, 0) is 42.7 Å². The molecule has 2 N–H and O–H groups in total. The maximum atomic E-state index is 12.3. The van der Waals surface area contributed by atoms with Gasteiger partial charge in [0.05, 0.1) is 7.11 Å². The summed E-state index contributed by atoms with van der Waals surface area (Å²) in [5.41, 5.74) is 3.12. The topological polar surface area (TPSA) is 54.9 Å². The largest absolute Gasteiger partial charge is 0.496 e. The van der Waals surface area contributed by atoms with Crippen LogP contribution in [-0.2, 0) is 13.0 Å². The first-order valence-electron chi connectivity index (χ1n) is 8.63. The third kappa shape index (κ3) is 6.77. The number of hydrogen-bond acceptors (Lipinski definition) is 3. The van der Waals surface area contributed by atoms with Crippen LogP contribution in [0.4, 0.5) is 8.78 Å². The molecule has 0 radical (unpaired) electrons. The zero-order chi connectivity index (χ0) is 19.6. The molecule has 0 saturated heterocycles. The predicted octanol–water partition coefficient (Wildman–Crippen LogP) is 3.51. The molecule has 146 valence electrons. The van der Waals surface area contributed by atoms with E-state index in [-0.39, 0.29) is 5.75 Å². The van der Waals surface area contributed by atoms with Gasteiger partial charge in [0.1, 0.15) is 11.5 Å². The first-order valence-corrected chi connectivity index (χ1v) is 8.63. The molecule has 27 heavy (non-hydrogen) atoms. The molecule has 2 aromatic carbocycles. The maximum absolute atomic E-state index is 12.3. The number of alkyl halides is 2. The number of aryl methyl sites for hydroxylation is 1. The highest BCUT2D eigenvalue weighted by Crippen LogP contribution is 2.19. The van der Waals surface area contributed by atoms with Gasteiger partial charge in [-0.3, -0.25) is 4.99 Å². The number of rotatable bonds is 8. The number of halogens is 2. The van der Waals surface area contributed by atoms with E-state index >= 15 is 0 Å². The number of nitrogens with one attached hydrogen (secondary N) is 2. The van der Waals surface area contributed by atoms with Crippen LogP contribution < -0.4 is 20.1 Å².